The summed E-state index contributed by atoms with van der Waals surface area (Å²) >= 11 is 0. The number of hydrogen-bond donors (Lipinski definition) is 0. The first-order valence-corrected chi connectivity index (χ1v) is 13.2. The molecular formula is C33H29BN2O2. The summed E-state index contributed by atoms with van der Waals surface area (Å²) in [5, 5.41) is 1.19. The van der Waals surface area contributed by atoms with Gasteiger partial charge in [0.2, 0.25) is 0 Å². The molecule has 1 aliphatic rings. The average Bonchev–Trinajstić information content (AvgIpc) is 3.42. The van der Waals surface area contributed by atoms with Gasteiger partial charge < -0.3 is 9.31 Å². The van der Waals surface area contributed by atoms with Gasteiger partial charge in [0.15, 0.2) is 0 Å². The van der Waals surface area contributed by atoms with Gasteiger partial charge in [-0.1, -0.05) is 84.9 Å². The second kappa shape index (κ2) is 8.29. The number of pyridine rings is 1. The van der Waals surface area contributed by atoms with Crippen molar-refractivity contribution in [2.45, 2.75) is 38.9 Å². The number of hydrogen-bond acceptors (Lipinski definition) is 3. The number of para-hydroxylation sites is 3. The molecule has 0 saturated carbocycles. The van der Waals surface area contributed by atoms with E-state index in [1.54, 1.807) is 0 Å². The van der Waals surface area contributed by atoms with Crippen molar-refractivity contribution in [1.82, 2.24) is 9.38 Å². The zero-order valence-corrected chi connectivity index (χ0v) is 22.1. The van der Waals surface area contributed by atoms with E-state index in [9.17, 15) is 0 Å². The zero-order chi connectivity index (χ0) is 26.1. The summed E-state index contributed by atoms with van der Waals surface area (Å²) < 4.78 is 14.9. The van der Waals surface area contributed by atoms with Gasteiger partial charge in [-0.2, -0.15) is 0 Å². The summed E-state index contributed by atoms with van der Waals surface area (Å²) in [6.07, 6.45) is 0. The number of aromatic nitrogens is 2. The highest BCUT2D eigenvalue weighted by molar-refractivity contribution is 6.62. The Morgan fingerprint density at radius 1 is 0.605 bits per heavy atom. The Kier molecular flexibility index (Phi) is 5.06. The fraction of sp³-hybridized carbons (Fsp3) is 0.182. The van der Waals surface area contributed by atoms with Gasteiger partial charge in [-0.15, -0.1) is 0 Å². The van der Waals surface area contributed by atoms with E-state index in [-0.39, 0.29) is 11.2 Å². The Bertz CT molecular complexity index is 1810. The molecule has 0 radical (unpaired) electrons. The predicted octanol–water partition coefficient (Wildman–Crippen LogP) is 7.27. The number of rotatable bonds is 3. The van der Waals surface area contributed by atoms with Crippen LogP contribution >= 0.6 is 0 Å². The predicted molar refractivity (Wildman–Crippen MR) is 157 cm³/mol. The van der Waals surface area contributed by atoms with Crippen molar-refractivity contribution >= 4 is 40.2 Å². The van der Waals surface area contributed by atoms with Crippen LogP contribution in [-0.2, 0) is 9.31 Å². The Balaban J connectivity index is 1.50. The summed E-state index contributed by atoms with van der Waals surface area (Å²) in [4.78, 5) is 5.18. The van der Waals surface area contributed by atoms with E-state index < -0.39 is 7.12 Å². The van der Waals surface area contributed by atoms with E-state index in [1.165, 1.54) is 16.5 Å². The molecule has 38 heavy (non-hydrogen) atoms. The van der Waals surface area contributed by atoms with E-state index in [0.29, 0.717) is 0 Å². The van der Waals surface area contributed by atoms with Crippen molar-refractivity contribution < 1.29 is 9.31 Å². The van der Waals surface area contributed by atoms with Gasteiger partial charge in [0.05, 0.1) is 27.8 Å². The largest absolute Gasteiger partial charge is 0.494 e. The second-order valence-electron chi connectivity index (χ2n) is 11.1. The van der Waals surface area contributed by atoms with Gasteiger partial charge >= 0.3 is 7.12 Å². The van der Waals surface area contributed by atoms with Crippen LogP contribution in [0.2, 0.25) is 0 Å². The molecule has 0 bridgehead atoms. The van der Waals surface area contributed by atoms with Crippen molar-refractivity contribution in [1.29, 1.82) is 0 Å². The Labute approximate surface area is 223 Å². The first-order valence-electron chi connectivity index (χ1n) is 13.2. The maximum absolute atomic E-state index is 6.32. The fourth-order valence-electron chi connectivity index (χ4n) is 5.53. The van der Waals surface area contributed by atoms with Crippen LogP contribution < -0.4 is 5.46 Å². The van der Waals surface area contributed by atoms with Crippen LogP contribution in [0.4, 0.5) is 0 Å². The standard InChI is InChI=1S/C33H29BN2O2/c1-32(2)33(3,4)38-34(37-32)24-20-18-23(19-21-24)30-29(22-12-6-5-7-13-22)25-14-8-10-16-27(25)36-28-17-11-9-15-26(28)35-31(30)36/h5-21H,1-4H3. The summed E-state index contributed by atoms with van der Waals surface area (Å²) in [6.45, 7) is 8.34. The summed E-state index contributed by atoms with van der Waals surface area (Å²) in [6, 6.07) is 36.2. The smallest absolute Gasteiger partial charge is 0.399 e. The lowest BCUT2D eigenvalue weighted by Crippen LogP contribution is -2.41. The van der Waals surface area contributed by atoms with Gasteiger partial charge in [-0.25, -0.2) is 4.98 Å². The molecule has 4 nitrogen and oxygen atoms in total. The van der Waals surface area contributed by atoms with Crippen LogP contribution in [0.5, 0.6) is 0 Å². The van der Waals surface area contributed by atoms with Gasteiger partial charge in [0.25, 0.3) is 0 Å². The highest BCUT2D eigenvalue weighted by Crippen LogP contribution is 2.42. The average molecular weight is 496 g/mol. The third kappa shape index (κ3) is 3.43. The molecule has 0 unspecified atom stereocenters. The van der Waals surface area contributed by atoms with Crippen molar-refractivity contribution in [2.24, 2.45) is 0 Å². The highest BCUT2D eigenvalue weighted by Gasteiger charge is 2.51. The minimum absolute atomic E-state index is 0.378. The van der Waals surface area contributed by atoms with Crippen molar-refractivity contribution in [2.75, 3.05) is 0 Å². The summed E-state index contributed by atoms with van der Waals surface area (Å²) in [5.41, 5.74) is 9.02. The molecule has 3 heterocycles. The third-order valence-corrected chi connectivity index (χ3v) is 8.24. The lowest BCUT2D eigenvalue weighted by Gasteiger charge is -2.32. The molecule has 1 saturated heterocycles. The van der Waals surface area contributed by atoms with Crippen LogP contribution in [0.25, 0.3) is 49.8 Å². The SMILES string of the molecule is CC1(C)OB(c2ccc(-c3c(-c4ccccc4)c4ccccc4n4c3nc3ccccc34)cc2)OC1(C)C. The van der Waals surface area contributed by atoms with Crippen molar-refractivity contribution in [3.05, 3.63) is 103 Å². The van der Waals surface area contributed by atoms with Gasteiger partial charge in [0, 0.05) is 16.5 Å². The van der Waals surface area contributed by atoms with Gasteiger partial charge in [0.1, 0.15) is 5.65 Å². The molecule has 1 fully saturated rings. The highest BCUT2D eigenvalue weighted by atomic mass is 16.7. The number of fused-ring (bicyclic) bond motifs is 5. The number of imidazole rings is 1. The molecule has 0 amide bonds. The summed E-state index contributed by atoms with van der Waals surface area (Å²) in [5.74, 6) is 0. The molecule has 0 aliphatic carbocycles. The molecule has 4 aromatic carbocycles. The van der Waals surface area contributed by atoms with Crippen LogP contribution in [0.1, 0.15) is 27.7 Å². The molecule has 0 N–H and O–H groups in total. The molecule has 0 spiro atoms. The van der Waals surface area contributed by atoms with Crippen LogP contribution in [0, 0.1) is 0 Å². The fourth-order valence-corrected chi connectivity index (χ4v) is 5.53. The minimum atomic E-state index is -0.395. The van der Waals surface area contributed by atoms with Gasteiger partial charge in [-0.05, 0) is 62.5 Å². The summed E-state index contributed by atoms with van der Waals surface area (Å²) in [7, 11) is -0.395. The lowest BCUT2D eigenvalue weighted by molar-refractivity contribution is 0.00578. The molecule has 2 aromatic heterocycles. The van der Waals surface area contributed by atoms with E-state index in [4.69, 9.17) is 14.3 Å². The van der Waals surface area contributed by atoms with Gasteiger partial charge in [-0.3, -0.25) is 4.40 Å². The van der Waals surface area contributed by atoms with Crippen molar-refractivity contribution in [3.8, 4) is 22.3 Å². The molecule has 186 valence electrons. The van der Waals surface area contributed by atoms with Crippen molar-refractivity contribution in [3.63, 3.8) is 0 Å². The third-order valence-electron chi connectivity index (χ3n) is 8.24. The van der Waals surface area contributed by atoms with Crippen LogP contribution in [0.15, 0.2) is 103 Å². The topological polar surface area (TPSA) is 35.8 Å². The Morgan fingerprint density at radius 3 is 1.89 bits per heavy atom. The second-order valence-corrected chi connectivity index (χ2v) is 11.1. The molecular weight excluding hydrogens is 467 g/mol. The Morgan fingerprint density at radius 2 is 1.18 bits per heavy atom. The molecule has 1 aliphatic heterocycles. The van der Waals surface area contributed by atoms with Crippen LogP contribution in [-0.4, -0.2) is 27.7 Å². The molecule has 6 aromatic rings. The molecule has 5 heteroatoms. The quantitative estimate of drug-likeness (QED) is 0.242. The lowest BCUT2D eigenvalue weighted by atomic mass is 9.78. The number of nitrogens with zero attached hydrogens (tertiary/aromatic N) is 2. The minimum Gasteiger partial charge on any atom is -0.399 e. The maximum atomic E-state index is 6.32. The Hall–Kier alpha value is -3.93. The number of benzene rings is 4. The van der Waals surface area contributed by atoms with E-state index in [2.05, 4.69) is 129 Å². The molecule has 7 rings (SSSR count). The maximum Gasteiger partial charge on any atom is 0.494 e. The first-order chi connectivity index (χ1) is 18.3. The van der Waals surface area contributed by atoms with E-state index in [1.807, 2.05) is 6.07 Å². The van der Waals surface area contributed by atoms with E-state index >= 15 is 0 Å². The first kappa shape index (κ1) is 23.2. The van der Waals surface area contributed by atoms with Crippen LogP contribution in [0.3, 0.4) is 0 Å². The normalized spacial score (nSPS) is 16.6. The van der Waals surface area contributed by atoms with E-state index in [0.717, 1.165) is 38.8 Å². The molecule has 0 atom stereocenters. The monoisotopic (exact) mass is 496 g/mol. The zero-order valence-electron chi connectivity index (χ0n) is 22.1.